The van der Waals surface area contributed by atoms with Crippen molar-refractivity contribution in [1.29, 1.82) is 0 Å². The Morgan fingerprint density at radius 1 is 1.30 bits per heavy atom. The molecule has 1 aromatic rings. The van der Waals surface area contributed by atoms with Crippen molar-refractivity contribution in [3.8, 4) is 0 Å². The van der Waals surface area contributed by atoms with E-state index in [1.807, 2.05) is 17.8 Å². The summed E-state index contributed by atoms with van der Waals surface area (Å²) in [6.07, 6.45) is 7.10. The van der Waals surface area contributed by atoms with Crippen molar-refractivity contribution in [2.24, 2.45) is 5.41 Å². The molecule has 0 aromatic carbocycles. The van der Waals surface area contributed by atoms with Crippen molar-refractivity contribution < 1.29 is 14.6 Å². The Kier molecular flexibility index (Phi) is 5.53. The van der Waals surface area contributed by atoms with Crippen LogP contribution < -0.4 is 0 Å². The summed E-state index contributed by atoms with van der Waals surface area (Å²) in [5.74, 6) is 0.385. The molecule has 1 unspecified atom stereocenters. The SMILES string of the molecule is Cc1nn(CCO)cc1CN1CCC2(CCCN(C3CCOCC3)C2=O)C1. The zero-order chi connectivity index (χ0) is 18.9. The Morgan fingerprint density at radius 2 is 2.11 bits per heavy atom. The number of nitrogens with zero attached hydrogens (tertiary/aromatic N) is 4. The van der Waals surface area contributed by atoms with Gasteiger partial charge in [0.1, 0.15) is 0 Å². The molecule has 3 aliphatic heterocycles. The summed E-state index contributed by atoms with van der Waals surface area (Å²) in [7, 11) is 0. The normalized spacial score (nSPS) is 27.8. The number of likely N-dealkylation sites (tertiary alicyclic amines) is 2. The Hall–Kier alpha value is -1.44. The van der Waals surface area contributed by atoms with Crippen LogP contribution in [-0.4, -0.2) is 76.1 Å². The summed E-state index contributed by atoms with van der Waals surface area (Å²) in [6.45, 7) is 7.80. The third-order valence-corrected chi connectivity index (χ3v) is 6.60. The lowest BCUT2D eigenvalue weighted by Crippen LogP contribution is -2.54. The Bertz CT molecular complexity index is 670. The quantitative estimate of drug-likeness (QED) is 0.836. The summed E-state index contributed by atoms with van der Waals surface area (Å²) in [6, 6.07) is 0.372. The van der Waals surface area contributed by atoms with E-state index in [1.165, 1.54) is 5.56 Å². The maximum atomic E-state index is 13.4. The van der Waals surface area contributed by atoms with Crippen LogP contribution in [0.25, 0.3) is 0 Å². The first-order valence-electron chi connectivity index (χ1n) is 10.4. The molecule has 1 N–H and O–H groups in total. The van der Waals surface area contributed by atoms with Crippen LogP contribution in [0.3, 0.4) is 0 Å². The van der Waals surface area contributed by atoms with E-state index in [0.29, 0.717) is 18.5 Å². The number of piperidine rings is 1. The second kappa shape index (κ2) is 7.89. The van der Waals surface area contributed by atoms with Gasteiger partial charge in [0, 0.05) is 50.7 Å². The predicted octanol–water partition coefficient (Wildman–Crippen LogP) is 1.18. The third kappa shape index (κ3) is 3.77. The zero-order valence-corrected chi connectivity index (χ0v) is 16.4. The van der Waals surface area contributed by atoms with Crippen molar-refractivity contribution >= 4 is 5.91 Å². The second-order valence-corrected chi connectivity index (χ2v) is 8.41. The van der Waals surface area contributed by atoms with Crippen molar-refractivity contribution in [2.45, 2.75) is 58.2 Å². The second-order valence-electron chi connectivity index (χ2n) is 8.41. The fraction of sp³-hybridized carbons (Fsp3) is 0.800. The molecule has 7 nitrogen and oxygen atoms in total. The monoisotopic (exact) mass is 376 g/mol. The molecule has 4 rings (SSSR count). The van der Waals surface area contributed by atoms with Gasteiger partial charge in [-0.3, -0.25) is 14.4 Å². The van der Waals surface area contributed by atoms with Gasteiger partial charge in [-0.05, 0) is 45.6 Å². The molecular weight excluding hydrogens is 344 g/mol. The average Bonchev–Trinajstić information content (AvgIpc) is 3.23. The minimum atomic E-state index is -0.189. The number of amides is 1. The van der Waals surface area contributed by atoms with E-state index in [4.69, 9.17) is 9.84 Å². The van der Waals surface area contributed by atoms with E-state index in [0.717, 1.165) is 77.2 Å². The van der Waals surface area contributed by atoms with Crippen LogP contribution in [0.5, 0.6) is 0 Å². The van der Waals surface area contributed by atoms with Crippen LogP contribution >= 0.6 is 0 Å². The molecule has 3 aliphatic rings. The maximum absolute atomic E-state index is 13.4. The number of ether oxygens (including phenoxy) is 1. The number of aliphatic hydroxyl groups is 1. The van der Waals surface area contributed by atoms with Crippen molar-refractivity contribution in [1.82, 2.24) is 19.6 Å². The van der Waals surface area contributed by atoms with Crippen LogP contribution in [0.2, 0.25) is 0 Å². The zero-order valence-electron chi connectivity index (χ0n) is 16.4. The molecule has 0 aliphatic carbocycles. The minimum Gasteiger partial charge on any atom is -0.394 e. The van der Waals surface area contributed by atoms with E-state index in [1.54, 1.807) is 0 Å². The largest absolute Gasteiger partial charge is 0.394 e. The predicted molar refractivity (Wildman–Crippen MR) is 101 cm³/mol. The molecule has 1 spiro atoms. The molecule has 0 radical (unpaired) electrons. The number of carbonyl (C=O) groups excluding carboxylic acids is 1. The van der Waals surface area contributed by atoms with Crippen LogP contribution in [0.1, 0.15) is 43.4 Å². The molecule has 7 heteroatoms. The standard InChI is InChI=1S/C20H32N4O3/c1-16-17(14-23(21-16)9-10-25)13-22-8-6-20(15-22)5-2-7-24(19(20)26)18-3-11-27-12-4-18/h14,18,25H,2-13,15H2,1H3. The van der Waals surface area contributed by atoms with Gasteiger partial charge in [-0.1, -0.05) is 0 Å². The van der Waals surface area contributed by atoms with E-state index in [9.17, 15) is 4.79 Å². The summed E-state index contributed by atoms with van der Waals surface area (Å²) in [5, 5.41) is 13.6. The van der Waals surface area contributed by atoms with Crippen LogP contribution in [-0.2, 0) is 22.6 Å². The van der Waals surface area contributed by atoms with E-state index < -0.39 is 0 Å². The summed E-state index contributed by atoms with van der Waals surface area (Å²) < 4.78 is 7.30. The molecule has 0 saturated carbocycles. The highest BCUT2D eigenvalue weighted by atomic mass is 16.5. The molecule has 0 bridgehead atoms. The van der Waals surface area contributed by atoms with Crippen molar-refractivity contribution in [3.63, 3.8) is 0 Å². The number of hydrogen-bond donors (Lipinski definition) is 1. The van der Waals surface area contributed by atoms with Gasteiger partial charge in [-0.15, -0.1) is 0 Å². The van der Waals surface area contributed by atoms with Gasteiger partial charge in [-0.2, -0.15) is 5.10 Å². The van der Waals surface area contributed by atoms with Crippen molar-refractivity contribution in [2.75, 3.05) is 39.5 Å². The lowest BCUT2D eigenvalue weighted by atomic mass is 9.77. The fourth-order valence-electron chi connectivity index (χ4n) is 5.09. The van der Waals surface area contributed by atoms with Crippen LogP contribution in [0, 0.1) is 12.3 Å². The van der Waals surface area contributed by atoms with Gasteiger partial charge in [0.2, 0.25) is 5.91 Å². The molecule has 150 valence electrons. The van der Waals surface area contributed by atoms with Gasteiger partial charge in [0.05, 0.1) is 24.3 Å². The minimum absolute atomic E-state index is 0.101. The lowest BCUT2D eigenvalue weighted by molar-refractivity contribution is -0.150. The molecule has 3 saturated heterocycles. The third-order valence-electron chi connectivity index (χ3n) is 6.60. The highest BCUT2D eigenvalue weighted by Gasteiger charge is 2.49. The number of aliphatic hydroxyl groups excluding tert-OH is 1. The Balaban J connectivity index is 1.42. The number of aryl methyl sites for hydroxylation is 1. The molecule has 1 atom stereocenters. The molecular formula is C20H32N4O3. The maximum Gasteiger partial charge on any atom is 0.230 e. The molecule has 3 fully saturated rings. The smallest absolute Gasteiger partial charge is 0.230 e. The van der Waals surface area contributed by atoms with Gasteiger partial charge in [-0.25, -0.2) is 0 Å². The van der Waals surface area contributed by atoms with E-state index in [-0.39, 0.29) is 12.0 Å². The lowest BCUT2D eigenvalue weighted by Gasteiger charge is -2.44. The Labute approximate surface area is 161 Å². The van der Waals surface area contributed by atoms with E-state index >= 15 is 0 Å². The molecule has 4 heterocycles. The number of rotatable bonds is 5. The highest BCUT2D eigenvalue weighted by molar-refractivity contribution is 5.84. The van der Waals surface area contributed by atoms with Gasteiger partial charge in [0.25, 0.3) is 0 Å². The summed E-state index contributed by atoms with van der Waals surface area (Å²) in [5.41, 5.74) is 2.03. The van der Waals surface area contributed by atoms with Crippen molar-refractivity contribution in [3.05, 3.63) is 17.5 Å². The first-order valence-corrected chi connectivity index (χ1v) is 10.4. The number of aromatic nitrogens is 2. The Morgan fingerprint density at radius 3 is 2.89 bits per heavy atom. The molecule has 1 amide bonds. The average molecular weight is 377 g/mol. The number of carbonyl (C=O) groups is 1. The topological polar surface area (TPSA) is 70.8 Å². The van der Waals surface area contributed by atoms with Gasteiger partial charge in [0.15, 0.2) is 0 Å². The van der Waals surface area contributed by atoms with Crippen LogP contribution in [0.4, 0.5) is 0 Å². The first kappa shape index (κ1) is 18.9. The summed E-state index contributed by atoms with van der Waals surface area (Å²) >= 11 is 0. The highest BCUT2D eigenvalue weighted by Crippen LogP contribution is 2.41. The molecule has 1 aromatic heterocycles. The number of hydrogen-bond acceptors (Lipinski definition) is 5. The molecule has 27 heavy (non-hydrogen) atoms. The van der Waals surface area contributed by atoms with Crippen LogP contribution in [0.15, 0.2) is 6.20 Å². The van der Waals surface area contributed by atoms with Gasteiger partial charge < -0.3 is 14.7 Å². The fourth-order valence-corrected chi connectivity index (χ4v) is 5.09. The van der Waals surface area contributed by atoms with E-state index in [2.05, 4.69) is 14.9 Å². The summed E-state index contributed by atoms with van der Waals surface area (Å²) in [4.78, 5) is 18.0. The van der Waals surface area contributed by atoms with Gasteiger partial charge >= 0.3 is 0 Å². The first-order chi connectivity index (χ1) is 13.1.